The van der Waals surface area contributed by atoms with E-state index in [0.29, 0.717) is 12.3 Å². The molecule has 0 aromatic carbocycles. The van der Waals surface area contributed by atoms with Gasteiger partial charge in [0.2, 0.25) is 11.8 Å². The molecule has 2 fully saturated rings. The first-order valence-electron chi connectivity index (χ1n) is 7.35. The number of hydrogen-bond acceptors (Lipinski definition) is 3. The zero-order valence-corrected chi connectivity index (χ0v) is 11.9. The summed E-state index contributed by atoms with van der Waals surface area (Å²) in [6.45, 7) is 7.34. The monoisotopic (exact) mass is 267 g/mol. The third kappa shape index (κ3) is 3.93. The van der Waals surface area contributed by atoms with Crippen molar-refractivity contribution in [3.63, 3.8) is 0 Å². The molecule has 5 nitrogen and oxygen atoms in total. The van der Waals surface area contributed by atoms with Gasteiger partial charge in [0, 0.05) is 31.5 Å². The van der Waals surface area contributed by atoms with Crippen LogP contribution >= 0.6 is 0 Å². The molecule has 2 aliphatic heterocycles. The van der Waals surface area contributed by atoms with Gasteiger partial charge in [-0.05, 0) is 31.8 Å². The molecule has 0 bridgehead atoms. The SMILES string of the molecule is CC(C)C(=O)N1CCC(NC(=O)CC2CNC2)CC1. The second-order valence-electron chi connectivity index (χ2n) is 6.05. The molecule has 0 aromatic heterocycles. The van der Waals surface area contributed by atoms with Crippen molar-refractivity contribution < 1.29 is 9.59 Å². The van der Waals surface area contributed by atoms with Gasteiger partial charge in [0.25, 0.3) is 0 Å². The summed E-state index contributed by atoms with van der Waals surface area (Å²) in [6, 6.07) is 0.247. The van der Waals surface area contributed by atoms with Crippen LogP contribution < -0.4 is 10.6 Å². The number of carbonyl (C=O) groups excluding carboxylic acids is 2. The van der Waals surface area contributed by atoms with Crippen LogP contribution in [0.4, 0.5) is 0 Å². The molecule has 5 heteroatoms. The van der Waals surface area contributed by atoms with E-state index < -0.39 is 0 Å². The average molecular weight is 267 g/mol. The second kappa shape index (κ2) is 6.37. The van der Waals surface area contributed by atoms with Crippen LogP contribution in [0, 0.1) is 11.8 Å². The first-order chi connectivity index (χ1) is 9.06. The highest BCUT2D eigenvalue weighted by Crippen LogP contribution is 2.14. The molecule has 0 saturated carbocycles. The molecule has 0 spiro atoms. The van der Waals surface area contributed by atoms with E-state index in [9.17, 15) is 9.59 Å². The number of nitrogens with one attached hydrogen (secondary N) is 2. The number of nitrogens with zero attached hydrogens (tertiary/aromatic N) is 1. The zero-order chi connectivity index (χ0) is 13.8. The fourth-order valence-corrected chi connectivity index (χ4v) is 2.65. The predicted octanol–water partition coefficient (Wildman–Crippen LogP) is 0.359. The van der Waals surface area contributed by atoms with Gasteiger partial charge in [0.1, 0.15) is 0 Å². The standard InChI is InChI=1S/C14H25N3O2/c1-10(2)14(19)17-5-3-12(4-6-17)16-13(18)7-11-8-15-9-11/h10-12,15H,3-9H2,1-2H3,(H,16,18). The van der Waals surface area contributed by atoms with Crippen LogP contribution in [0.3, 0.4) is 0 Å². The molecule has 2 saturated heterocycles. The van der Waals surface area contributed by atoms with Crippen molar-refractivity contribution in [1.82, 2.24) is 15.5 Å². The highest BCUT2D eigenvalue weighted by atomic mass is 16.2. The Kier molecular flexibility index (Phi) is 4.80. The van der Waals surface area contributed by atoms with E-state index in [0.717, 1.165) is 39.0 Å². The van der Waals surface area contributed by atoms with Crippen molar-refractivity contribution in [2.24, 2.45) is 11.8 Å². The van der Waals surface area contributed by atoms with Crippen molar-refractivity contribution in [2.45, 2.75) is 39.2 Å². The number of hydrogen-bond donors (Lipinski definition) is 2. The summed E-state index contributed by atoms with van der Waals surface area (Å²) in [5.41, 5.74) is 0. The quantitative estimate of drug-likeness (QED) is 0.773. The Morgan fingerprint density at radius 3 is 2.37 bits per heavy atom. The Balaban J connectivity index is 1.68. The molecular weight excluding hydrogens is 242 g/mol. The summed E-state index contributed by atoms with van der Waals surface area (Å²) in [5.74, 6) is 0.977. The Morgan fingerprint density at radius 2 is 1.89 bits per heavy atom. The minimum atomic E-state index is 0.0669. The van der Waals surface area contributed by atoms with Gasteiger partial charge in [-0.25, -0.2) is 0 Å². The number of carbonyl (C=O) groups is 2. The van der Waals surface area contributed by atoms with Crippen molar-refractivity contribution in [3.8, 4) is 0 Å². The van der Waals surface area contributed by atoms with Crippen LogP contribution in [-0.4, -0.2) is 48.9 Å². The molecule has 0 unspecified atom stereocenters. The summed E-state index contributed by atoms with van der Waals surface area (Å²) in [5, 5.41) is 6.28. The Morgan fingerprint density at radius 1 is 1.26 bits per heavy atom. The van der Waals surface area contributed by atoms with Crippen LogP contribution in [0.2, 0.25) is 0 Å². The fourth-order valence-electron chi connectivity index (χ4n) is 2.65. The molecule has 0 aromatic rings. The van der Waals surface area contributed by atoms with E-state index >= 15 is 0 Å². The van der Waals surface area contributed by atoms with E-state index in [4.69, 9.17) is 0 Å². The van der Waals surface area contributed by atoms with Crippen molar-refractivity contribution >= 4 is 11.8 Å². The lowest BCUT2D eigenvalue weighted by Crippen LogP contribution is -2.49. The van der Waals surface area contributed by atoms with Gasteiger partial charge >= 0.3 is 0 Å². The molecule has 2 N–H and O–H groups in total. The van der Waals surface area contributed by atoms with E-state index in [1.165, 1.54) is 0 Å². The molecule has 0 aliphatic carbocycles. The maximum Gasteiger partial charge on any atom is 0.225 e. The molecule has 0 atom stereocenters. The van der Waals surface area contributed by atoms with Gasteiger partial charge in [-0.1, -0.05) is 13.8 Å². The predicted molar refractivity (Wildman–Crippen MR) is 73.6 cm³/mol. The third-order valence-corrected chi connectivity index (χ3v) is 4.01. The van der Waals surface area contributed by atoms with E-state index in [-0.39, 0.29) is 23.8 Å². The molecule has 2 rings (SSSR count). The van der Waals surface area contributed by atoms with Crippen molar-refractivity contribution in [1.29, 1.82) is 0 Å². The van der Waals surface area contributed by atoms with Gasteiger partial charge in [0.05, 0.1) is 0 Å². The van der Waals surface area contributed by atoms with Gasteiger partial charge in [-0.15, -0.1) is 0 Å². The molecule has 2 heterocycles. The fraction of sp³-hybridized carbons (Fsp3) is 0.857. The first-order valence-corrected chi connectivity index (χ1v) is 7.35. The summed E-state index contributed by atoms with van der Waals surface area (Å²) in [7, 11) is 0. The van der Waals surface area contributed by atoms with Crippen LogP contribution in [0.1, 0.15) is 33.1 Å². The Bertz CT molecular complexity index is 332. The largest absolute Gasteiger partial charge is 0.353 e. The zero-order valence-electron chi connectivity index (χ0n) is 11.9. The maximum atomic E-state index is 11.9. The number of piperidine rings is 1. The van der Waals surface area contributed by atoms with E-state index in [1.807, 2.05) is 18.7 Å². The normalized spacial score (nSPS) is 21.3. The van der Waals surface area contributed by atoms with Gasteiger partial charge in [-0.3, -0.25) is 9.59 Å². The lowest BCUT2D eigenvalue weighted by atomic mass is 9.98. The van der Waals surface area contributed by atoms with Crippen LogP contribution in [-0.2, 0) is 9.59 Å². The lowest BCUT2D eigenvalue weighted by molar-refractivity contribution is -0.135. The Hall–Kier alpha value is -1.10. The minimum absolute atomic E-state index is 0.0669. The van der Waals surface area contributed by atoms with Crippen molar-refractivity contribution in [3.05, 3.63) is 0 Å². The second-order valence-corrected chi connectivity index (χ2v) is 6.05. The maximum absolute atomic E-state index is 11.9. The highest BCUT2D eigenvalue weighted by Gasteiger charge is 2.26. The highest BCUT2D eigenvalue weighted by molar-refractivity contribution is 5.78. The summed E-state index contributed by atoms with van der Waals surface area (Å²) in [4.78, 5) is 25.6. The molecule has 108 valence electrons. The summed E-state index contributed by atoms with van der Waals surface area (Å²) < 4.78 is 0. The first kappa shape index (κ1) is 14.3. The Labute approximate surface area is 115 Å². The number of rotatable bonds is 4. The third-order valence-electron chi connectivity index (χ3n) is 4.01. The average Bonchev–Trinajstić information content (AvgIpc) is 2.34. The molecule has 19 heavy (non-hydrogen) atoms. The van der Waals surface area contributed by atoms with Gasteiger partial charge < -0.3 is 15.5 Å². The number of likely N-dealkylation sites (tertiary alicyclic amines) is 1. The van der Waals surface area contributed by atoms with Gasteiger partial charge in [0.15, 0.2) is 0 Å². The summed E-state index contributed by atoms with van der Waals surface area (Å²) in [6.07, 6.45) is 2.40. The smallest absolute Gasteiger partial charge is 0.225 e. The molecule has 2 aliphatic rings. The number of amides is 2. The van der Waals surface area contributed by atoms with Gasteiger partial charge in [-0.2, -0.15) is 0 Å². The minimum Gasteiger partial charge on any atom is -0.353 e. The summed E-state index contributed by atoms with van der Waals surface area (Å²) >= 11 is 0. The van der Waals surface area contributed by atoms with Crippen LogP contribution in [0.5, 0.6) is 0 Å². The topological polar surface area (TPSA) is 61.4 Å². The molecular formula is C14H25N3O2. The van der Waals surface area contributed by atoms with Crippen LogP contribution in [0.25, 0.3) is 0 Å². The lowest BCUT2D eigenvalue weighted by Gasteiger charge is -2.34. The van der Waals surface area contributed by atoms with E-state index in [2.05, 4.69) is 10.6 Å². The molecule has 2 amide bonds. The molecule has 0 radical (unpaired) electrons. The van der Waals surface area contributed by atoms with E-state index in [1.54, 1.807) is 0 Å². The van der Waals surface area contributed by atoms with Crippen molar-refractivity contribution in [2.75, 3.05) is 26.2 Å². The van der Waals surface area contributed by atoms with Crippen LogP contribution in [0.15, 0.2) is 0 Å².